The first-order valence-electron chi connectivity index (χ1n) is 8.66. The number of nitrogens with zero attached hydrogens (tertiary/aromatic N) is 1. The number of carbonyl (C=O) groups is 1. The average molecular weight is 392 g/mol. The van der Waals surface area contributed by atoms with Crippen molar-refractivity contribution in [1.82, 2.24) is 9.88 Å². The van der Waals surface area contributed by atoms with Crippen LogP contribution in [0.15, 0.2) is 60.8 Å². The van der Waals surface area contributed by atoms with Crippen molar-refractivity contribution in [1.29, 1.82) is 0 Å². The van der Waals surface area contributed by atoms with Crippen molar-refractivity contribution < 1.29 is 27.8 Å². The number of alkyl halides is 3. The number of aromatic nitrogens is 1. The molecule has 0 fully saturated rings. The van der Waals surface area contributed by atoms with Gasteiger partial charge in [0, 0.05) is 31.2 Å². The number of fused-ring (bicyclic) bond motifs is 1. The van der Waals surface area contributed by atoms with E-state index in [1.54, 1.807) is 0 Å². The molecular weight excluding hydrogens is 373 g/mol. The zero-order valence-electron chi connectivity index (χ0n) is 14.8. The molecule has 0 bridgehead atoms. The largest absolute Gasteiger partial charge is 0.573 e. The van der Waals surface area contributed by atoms with Gasteiger partial charge in [0.25, 0.3) is 0 Å². The molecule has 0 saturated carbocycles. The molecule has 3 aromatic rings. The Morgan fingerprint density at radius 3 is 2.54 bits per heavy atom. The summed E-state index contributed by atoms with van der Waals surface area (Å²) in [6, 6.07) is 14.7. The topological polar surface area (TPSA) is 63.5 Å². The normalized spacial score (nSPS) is 12.7. The van der Waals surface area contributed by atoms with Gasteiger partial charge in [0.1, 0.15) is 5.75 Å². The van der Waals surface area contributed by atoms with Gasteiger partial charge in [-0.05, 0) is 35.2 Å². The van der Waals surface area contributed by atoms with Crippen LogP contribution in [0.25, 0.3) is 10.9 Å². The maximum absolute atomic E-state index is 12.1. The number of rotatable bonds is 7. The molecule has 148 valence electrons. The highest BCUT2D eigenvalue weighted by Crippen LogP contribution is 2.24. The lowest BCUT2D eigenvalue weighted by molar-refractivity contribution is -0.274. The Morgan fingerprint density at radius 1 is 1.11 bits per heavy atom. The molecule has 1 atom stereocenters. The number of amides is 1. The number of aliphatic hydroxyl groups excluding tert-OH is 1. The van der Waals surface area contributed by atoms with E-state index in [1.807, 2.05) is 41.1 Å². The molecule has 0 saturated heterocycles. The van der Waals surface area contributed by atoms with Crippen LogP contribution in [0.5, 0.6) is 5.75 Å². The highest BCUT2D eigenvalue weighted by atomic mass is 19.4. The predicted molar refractivity (Wildman–Crippen MR) is 97.6 cm³/mol. The van der Waals surface area contributed by atoms with Crippen LogP contribution < -0.4 is 10.1 Å². The average Bonchev–Trinajstić information content (AvgIpc) is 3.07. The molecule has 8 heteroatoms. The molecule has 1 aromatic heterocycles. The molecule has 0 aliphatic rings. The lowest BCUT2D eigenvalue weighted by Crippen LogP contribution is -2.29. The molecule has 1 amide bonds. The van der Waals surface area contributed by atoms with Gasteiger partial charge in [-0.25, -0.2) is 0 Å². The SMILES string of the molecule is O=C(CCn1ccc2ccccc21)NCC(O)c1ccc(OC(F)(F)F)cc1. The van der Waals surface area contributed by atoms with Crippen molar-refractivity contribution in [2.75, 3.05) is 6.54 Å². The van der Waals surface area contributed by atoms with E-state index < -0.39 is 12.5 Å². The Bertz CT molecular complexity index is 936. The van der Waals surface area contributed by atoms with Crippen LogP contribution in [0.3, 0.4) is 0 Å². The Hall–Kier alpha value is -3.00. The Balaban J connectivity index is 1.47. The quantitative estimate of drug-likeness (QED) is 0.643. The van der Waals surface area contributed by atoms with Gasteiger partial charge in [0.05, 0.1) is 6.10 Å². The van der Waals surface area contributed by atoms with Gasteiger partial charge >= 0.3 is 6.36 Å². The second kappa shape index (κ2) is 8.35. The van der Waals surface area contributed by atoms with Crippen LogP contribution in [0.2, 0.25) is 0 Å². The van der Waals surface area contributed by atoms with E-state index in [1.165, 1.54) is 12.1 Å². The lowest BCUT2D eigenvalue weighted by atomic mass is 10.1. The van der Waals surface area contributed by atoms with Crippen LogP contribution in [-0.2, 0) is 11.3 Å². The van der Waals surface area contributed by atoms with E-state index in [2.05, 4.69) is 10.1 Å². The van der Waals surface area contributed by atoms with Gasteiger partial charge in [0.2, 0.25) is 5.91 Å². The van der Waals surface area contributed by atoms with Crippen LogP contribution >= 0.6 is 0 Å². The summed E-state index contributed by atoms with van der Waals surface area (Å²) in [5.41, 5.74) is 1.42. The van der Waals surface area contributed by atoms with E-state index in [-0.39, 0.29) is 24.6 Å². The first-order valence-corrected chi connectivity index (χ1v) is 8.66. The van der Waals surface area contributed by atoms with Crippen LogP contribution in [0.1, 0.15) is 18.1 Å². The van der Waals surface area contributed by atoms with E-state index in [0.717, 1.165) is 23.0 Å². The minimum atomic E-state index is -4.76. The van der Waals surface area contributed by atoms with Gasteiger partial charge in [0.15, 0.2) is 0 Å². The van der Waals surface area contributed by atoms with Gasteiger partial charge in [-0.2, -0.15) is 0 Å². The fraction of sp³-hybridized carbons (Fsp3) is 0.250. The fourth-order valence-corrected chi connectivity index (χ4v) is 2.87. The number of hydrogen-bond acceptors (Lipinski definition) is 3. The molecule has 28 heavy (non-hydrogen) atoms. The summed E-state index contributed by atoms with van der Waals surface area (Å²) in [6.07, 6.45) is -3.64. The number of aryl methyl sites for hydroxylation is 1. The molecule has 1 unspecified atom stereocenters. The predicted octanol–water partition coefficient (Wildman–Crippen LogP) is 3.78. The first-order chi connectivity index (χ1) is 13.3. The zero-order valence-corrected chi connectivity index (χ0v) is 14.8. The number of aliphatic hydroxyl groups is 1. The molecule has 1 heterocycles. The monoisotopic (exact) mass is 392 g/mol. The Kier molecular flexibility index (Phi) is 5.89. The number of halogens is 3. The maximum atomic E-state index is 12.1. The Labute approximate surface area is 159 Å². The van der Waals surface area contributed by atoms with E-state index in [0.29, 0.717) is 12.1 Å². The summed E-state index contributed by atoms with van der Waals surface area (Å²) < 4.78 is 42.2. The smallest absolute Gasteiger partial charge is 0.406 e. The summed E-state index contributed by atoms with van der Waals surface area (Å²) in [5, 5.41) is 13.8. The molecule has 0 radical (unpaired) electrons. The molecule has 2 N–H and O–H groups in total. The van der Waals surface area contributed by atoms with Crippen LogP contribution in [0.4, 0.5) is 13.2 Å². The third-order valence-corrected chi connectivity index (χ3v) is 4.25. The maximum Gasteiger partial charge on any atom is 0.573 e. The molecule has 3 rings (SSSR count). The van der Waals surface area contributed by atoms with Crippen LogP contribution in [0, 0.1) is 0 Å². The van der Waals surface area contributed by atoms with Crippen molar-refractivity contribution in [3.63, 3.8) is 0 Å². The van der Waals surface area contributed by atoms with E-state index >= 15 is 0 Å². The van der Waals surface area contributed by atoms with Crippen molar-refractivity contribution >= 4 is 16.8 Å². The number of hydrogen-bond donors (Lipinski definition) is 2. The van der Waals surface area contributed by atoms with Crippen molar-refractivity contribution in [2.45, 2.75) is 25.4 Å². The van der Waals surface area contributed by atoms with Gasteiger partial charge in [-0.3, -0.25) is 4.79 Å². The standard InChI is InChI=1S/C20H19F3N2O3/c21-20(22,23)28-16-7-5-15(6-8-16)18(26)13-24-19(27)10-12-25-11-9-14-3-1-2-4-17(14)25/h1-9,11,18,26H,10,12-13H2,(H,24,27). The van der Waals surface area contributed by atoms with Gasteiger partial charge in [-0.1, -0.05) is 30.3 Å². The van der Waals surface area contributed by atoms with Crippen molar-refractivity contribution in [3.05, 3.63) is 66.4 Å². The third-order valence-electron chi connectivity index (χ3n) is 4.25. The van der Waals surface area contributed by atoms with Crippen molar-refractivity contribution in [2.24, 2.45) is 0 Å². The number of benzene rings is 2. The van der Waals surface area contributed by atoms with E-state index in [9.17, 15) is 23.1 Å². The van der Waals surface area contributed by atoms with Gasteiger partial charge in [-0.15, -0.1) is 13.2 Å². The second-order valence-corrected chi connectivity index (χ2v) is 6.25. The zero-order chi connectivity index (χ0) is 20.1. The number of carbonyl (C=O) groups excluding carboxylic acids is 1. The first kappa shape index (κ1) is 19.8. The lowest BCUT2D eigenvalue weighted by Gasteiger charge is -2.14. The summed E-state index contributed by atoms with van der Waals surface area (Å²) in [5.74, 6) is -0.597. The highest BCUT2D eigenvalue weighted by molar-refractivity contribution is 5.80. The van der Waals surface area contributed by atoms with Crippen LogP contribution in [-0.4, -0.2) is 28.5 Å². The summed E-state index contributed by atoms with van der Waals surface area (Å²) >= 11 is 0. The minimum absolute atomic E-state index is 0.0370. The Morgan fingerprint density at radius 2 is 1.82 bits per heavy atom. The number of nitrogens with one attached hydrogen (secondary N) is 1. The van der Waals surface area contributed by atoms with Gasteiger partial charge < -0.3 is 19.7 Å². The minimum Gasteiger partial charge on any atom is -0.406 e. The molecule has 5 nitrogen and oxygen atoms in total. The molecular formula is C20H19F3N2O3. The van der Waals surface area contributed by atoms with Crippen molar-refractivity contribution in [3.8, 4) is 5.75 Å². The summed E-state index contributed by atoms with van der Waals surface area (Å²) in [6.45, 7) is 0.462. The number of ether oxygens (including phenoxy) is 1. The second-order valence-electron chi connectivity index (χ2n) is 6.25. The molecule has 0 aliphatic heterocycles. The summed E-state index contributed by atoms with van der Waals surface area (Å²) in [4.78, 5) is 12.0. The molecule has 0 aliphatic carbocycles. The van der Waals surface area contributed by atoms with E-state index in [4.69, 9.17) is 0 Å². The summed E-state index contributed by atoms with van der Waals surface area (Å²) in [7, 11) is 0. The third kappa shape index (κ3) is 5.26. The molecule has 0 spiro atoms. The number of para-hydroxylation sites is 1. The molecule has 2 aromatic carbocycles. The highest BCUT2D eigenvalue weighted by Gasteiger charge is 2.31. The fourth-order valence-electron chi connectivity index (χ4n) is 2.87.